The zero-order valence-corrected chi connectivity index (χ0v) is 22.0. The molecule has 188 valence electrons. The van der Waals surface area contributed by atoms with Crippen LogP contribution in [0.3, 0.4) is 0 Å². The predicted molar refractivity (Wildman–Crippen MR) is 148 cm³/mol. The standard InChI is InChI=1S/C31H35N3O2.H2/c1-7-34-28(30(35)32-21(2)24-14-11-15-26(20-24)36-6)27(33-29(34)23-12-9-8-10-13-23)22-16-18-25(19-17-22)31(3,4)5;/h8-21H,7H2,1-6H3,(H,32,35);1H/t21-;/m1./s1. The lowest BCUT2D eigenvalue weighted by Gasteiger charge is -2.19. The number of nitrogens with one attached hydrogen (secondary N) is 1. The van der Waals surface area contributed by atoms with Gasteiger partial charge < -0.3 is 14.6 Å². The first-order valence-electron chi connectivity index (χ1n) is 12.4. The Hall–Kier alpha value is -3.86. The quantitative estimate of drug-likeness (QED) is 0.300. The van der Waals surface area contributed by atoms with Crippen molar-refractivity contribution in [3.05, 3.63) is 95.7 Å². The van der Waals surface area contributed by atoms with Gasteiger partial charge in [-0.1, -0.05) is 87.5 Å². The molecule has 0 bridgehead atoms. The topological polar surface area (TPSA) is 56.2 Å². The molecule has 0 saturated carbocycles. The van der Waals surface area contributed by atoms with Crippen molar-refractivity contribution in [2.24, 2.45) is 0 Å². The summed E-state index contributed by atoms with van der Waals surface area (Å²) in [6.45, 7) is 11.2. The lowest BCUT2D eigenvalue weighted by molar-refractivity contribution is 0.0931. The Kier molecular flexibility index (Phi) is 7.30. The maximum atomic E-state index is 13.8. The van der Waals surface area contributed by atoms with E-state index in [1.54, 1.807) is 7.11 Å². The van der Waals surface area contributed by atoms with Crippen LogP contribution in [0.1, 0.15) is 63.7 Å². The summed E-state index contributed by atoms with van der Waals surface area (Å²) in [6.07, 6.45) is 0. The zero-order chi connectivity index (χ0) is 25.9. The molecule has 0 saturated heterocycles. The van der Waals surface area contributed by atoms with Crippen molar-refractivity contribution in [2.45, 2.75) is 52.6 Å². The number of ether oxygens (including phenoxy) is 1. The van der Waals surface area contributed by atoms with Crippen LogP contribution in [-0.2, 0) is 12.0 Å². The van der Waals surface area contributed by atoms with Gasteiger partial charge in [0.1, 0.15) is 23.0 Å². The number of hydrogen-bond donors (Lipinski definition) is 1. The molecule has 5 heteroatoms. The van der Waals surface area contributed by atoms with Crippen LogP contribution in [0.4, 0.5) is 0 Å². The number of carbonyl (C=O) groups excluding carboxylic acids is 1. The molecule has 0 radical (unpaired) electrons. The van der Waals surface area contributed by atoms with E-state index < -0.39 is 0 Å². The van der Waals surface area contributed by atoms with E-state index in [1.807, 2.05) is 73.0 Å². The van der Waals surface area contributed by atoms with Gasteiger partial charge in [0.2, 0.25) is 0 Å². The van der Waals surface area contributed by atoms with Crippen molar-refractivity contribution in [3.8, 4) is 28.4 Å². The van der Waals surface area contributed by atoms with Crippen LogP contribution in [0.2, 0.25) is 0 Å². The molecule has 0 unspecified atom stereocenters. The van der Waals surface area contributed by atoms with E-state index in [0.717, 1.165) is 28.3 Å². The highest BCUT2D eigenvalue weighted by molar-refractivity contribution is 5.99. The van der Waals surface area contributed by atoms with Crippen molar-refractivity contribution in [2.75, 3.05) is 7.11 Å². The van der Waals surface area contributed by atoms with Crippen molar-refractivity contribution in [1.82, 2.24) is 14.9 Å². The van der Waals surface area contributed by atoms with E-state index in [9.17, 15) is 4.79 Å². The molecular formula is C31H37N3O2. The summed E-state index contributed by atoms with van der Waals surface area (Å²) >= 11 is 0. The molecule has 1 amide bonds. The van der Waals surface area contributed by atoms with Crippen LogP contribution < -0.4 is 10.1 Å². The molecule has 0 spiro atoms. The van der Waals surface area contributed by atoms with Crippen LogP contribution in [-0.4, -0.2) is 22.6 Å². The van der Waals surface area contributed by atoms with Crippen LogP contribution in [0.25, 0.3) is 22.6 Å². The van der Waals surface area contributed by atoms with Crippen LogP contribution in [0.5, 0.6) is 5.75 Å². The van der Waals surface area contributed by atoms with Crippen LogP contribution in [0.15, 0.2) is 78.9 Å². The lowest BCUT2D eigenvalue weighted by Crippen LogP contribution is -2.29. The van der Waals surface area contributed by atoms with E-state index in [4.69, 9.17) is 9.72 Å². The van der Waals surface area contributed by atoms with Crippen molar-refractivity contribution < 1.29 is 11.0 Å². The largest absolute Gasteiger partial charge is 0.497 e. The average Bonchev–Trinajstić information content (AvgIpc) is 3.28. The summed E-state index contributed by atoms with van der Waals surface area (Å²) < 4.78 is 7.38. The minimum atomic E-state index is -0.205. The summed E-state index contributed by atoms with van der Waals surface area (Å²) in [5, 5.41) is 3.19. The number of aromatic nitrogens is 2. The Morgan fingerprint density at radius 3 is 2.31 bits per heavy atom. The zero-order valence-electron chi connectivity index (χ0n) is 22.0. The Labute approximate surface area is 215 Å². The van der Waals surface area contributed by atoms with Gasteiger partial charge in [-0.15, -0.1) is 0 Å². The van der Waals surface area contributed by atoms with Gasteiger partial charge in [-0.05, 0) is 42.5 Å². The first-order valence-corrected chi connectivity index (χ1v) is 12.4. The highest BCUT2D eigenvalue weighted by Crippen LogP contribution is 2.32. The fourth-order valence-corrected chi connectivity index (χ4v) is 4.39. The Morgan fingerprint density at radius 1 is 1.00 bits per heavy atom. The Balaban J connectivity index is 0.00000380. The second-order valence-corrected chi connectivity index (χ2v) is 10.0. The number of amides is 1. The van der Waals surface area contributed by atoms with Gasteiger partial charge in [0, 0.05) is 19.1 Å². The van der Waals surface area contributed by atoms with Gasteiger partial charge in [-0.25, -0.2) is 4.98 Å². The third kappa shape index (κ3) is 5.20. The maximum absolute atomic E-state index is 13.8. The summed E-state index contributed by atoms with van der Waals surface area (Å²) in [6, 6.07) is 26.0. The molecule has 3 aromatic carbocycles. The molecule has 0 fully saturated rings. The fourth-order valence-electron chi connectivity index (χ4n) is 4.39. The number of methoxy groups -OCH3 is 1. The highest BCUT2D eigenvalue weighted by atomic mass is 16.5. The van der Waals surface area contributed by atoms with Crippen molar-refractivity contribution in [1.29, 1.82) is 0 Å². The van der Waals surface area contributed by atoms with Gasteiger partial charge in [-0.2, -0.15) is 0 Å². The van der Waals surface area contributed by atoms with Gasteiger partial charge in [-0.3, -0.25) is 4.79 Å². The molecule has 5 nitrogen and oxygen atoms in total. The number of hydrogen-bond acceptors (Lipinski definition) is 3. The Morgan fingerprint density at radius 2 is 1.69 bits per heavy atom. The summed E-state index contributed by atoms with van der Waals surface area (Å²) in [7, 11) is 1.64. The van der Waals surface area contributed by atoms with E-state index in [0.29, 0.717) is 17.9 Å². The molecule has 4 aromatic rings. The van der Waals surface area contributed by atoms with Gasteiger partial charge >= 0.3 is 0 Å². The van der Waals surface area contributed by atoms with Crippen molar-refractivity contribution >= 4 is 5.91 Å². The summed E-state index contributed by atoms with van der Waals surface area (Å²) in [5.74, 6) is 1.39. The molecule has 0 aliphatic heterocycles. The molecule has 1 aromatic heterocycles. The first-order chi connectivity index (χ1) is 17.2. The van der Waals surface area contributed by atoms with E-state index >= 15 is 0 Å². The van der Waals surface area contributed by atoms with Gasteiger partial charge in [0.15, 0.2) is 0 Å². The first kappa shape index (κ1) is 25.2. The van der Waals surface area contributed by atoms with Gasteiger partial charge in [0.25, 0.3) is 5.91 Å². The molecule has 1 N–H and O–H groups in total. The smallest absolute Gasteiger partial charge is 0.270 e. The SMILES string of the molecule is CCn1c(-c2ccccc2)nc(-c2ccc(C(C)(C)C)cc2)c1C(=O)N[C@H](C)c1cccc(OC)c1.[HH]. The fraction of sp³-hybridized carbons (Fsp3) is 0.290. The molecule has 0 aliphatic carbocycles. The number of rotatable bonds is 7. The Bertz CT molecular complexity index is 1340. The van der Waals surface area contributed by atoms with Crippen LogP contribution in [0, 0.1) is 0 Å². The van der Waals surface area contributed by atoms with E-state index in [2.05, 4.69) is 50.4 Å². The number of imidazole rings is 1. The third-order valence-electron chi connectivity index (χ3n) is 6.50. The minimum absolute atomic E-state index is 0. The molecular weight excluding hydrogens is 446 g/mol. The number of carbonyl (C=O) groups is 1. The molecule has 0 aliphatic rings. The van der Waals surface area contributed by atoms with Crippen LogP contribution >= 0.6 is 0 Å². The van der Waals surface area contributed by atoms with E-state index in [1.165, 1.54) is 5.56 Å². The molecule has 36 heavy (non-hydrogen) atoms. The second kappa shape index (κ2) is 10.4. The number of nitrogens with zero attached hydrogens (tertiary/aromatic N) is 2. The van der Waals surface area contributed by atoms with E-state index in [-0.39, 0.29) is 18.8 Å². The second-order valence-electron chi connectivity index (χ2n) is 10.0. The summed E-state index contributed by atoms with van der Waals surface area (Å²) in [4.78, 5) is 18.8. The lowest BCUT2D eigenvalue weighted by atomic mass is 9.86. The third-order valence-corrected chi connectivity index (χ3v) is 6.50. The maximum Gasteiger partial charge on any atom is 0.270 e. The monoisotopic (exact) mass is 483 g/mol. The van der Waals surface area contributed by atoms with Gasteiger partial charge in [0.05, 0.1) is 13.2 Å². The minimum Gasteiger partial charge on any atom is -0.497 e. The number of benzene rings is 3. The predicted octanol–water partition coefficient (Wildman–Crippen LogP) is 7.28. The molecule has 1 heterocycles. The molecule has 4 rings (SSSR count). The summed E-state index contributed by atoms with van der Waals surface area (Å²) in [5.41, 5.74) is 5.41. The van der Waals surface area contributed by atoms with Crippen molar-refractivity contribution in [3.63, 3.8) is 0 Å². The highest BCUT2D eigenvalue weighted by Gasteiger charge is 2.26. The normalized spacial score (nSPS) is 12.3. The average molecular weight is 484 g/mol. The molecule has 1 atom stereocenters.